The van der Waals surface area contributed by atoms with Crippen LogP contribution in [0.2, 0.25) is 0 Å². The standard InChI is InChI=1S/C8H15NO2S/c1-3-8(4-2)7(11)9-6(10)5-12-8/h6,10H,3-5H2,1-2H3,(H,9,11). The van der Waals surface area contributed by atoms with Crippen LogP contribution in [-0.4, -0.2) is 27.7 Å². The van der Waals surface area contributed by atoms with Gasteiger partial charge < -0.3 is 10.4 Å². The first-order chi connectivity index (χ1) is 5.64. The topological polar surface area (TPSA) is 49.3 Å². The largest absolute Gasteiger partial charge is 0.373 e. The first-order valence-electron chi connectivity index (χ1n) is 4.27. The second kappa shape index (κ2) is 3.66. The number of hydrogen-bond donors (Lipinski definition) is 2. The third-order valence-corrected chi connectivity index (χ3v) is 4.17. The van der Waals surface area contributed by atoms with Crippen molar-refractivity contribution < 1.29 is 9.90 Å². The fourth-order valence-corrected chi connectivity index (χ4v) is 2.56. The molecule has 70 valence electrons. The first kappa shape index (κ1) is 9.86. The van der Waals surface area contributed by atoms with Gasteiger partial charge in [-0.2, -0.15) is 0 Å². The predicted octanol–water partition coefficient (Wildman–Crippen LogP) is 0.727. The molecule has 0 radical (unpaired) electrons. The summed E-state index contributed by atoms with van der Waals surface area (Å²) in [6.45, 7) is 4.02. The summed E-state index contributed by atoms with van der Waals surface area (Å²) >= 11 is 1.56. The highest BCUT2D eigenvalue weighted by atomic mass is 32.2. The molecule has 1 aliphatic heterocycles. The van der Waals surface area contributed by atoms with Crippen molar-refractivity contribution in [1.29, 1.82) is 0 Å². The second-order valence-corrected chi connectivity index (χ2v) is 4.41. The molecule has 1 unspecified atom stereocenters. The minimum absolute atomic E-state index is 0.0174. The van der Waals surface area contributed by atoms with Crippen molar-refractivity contribution in [3.05, 3.63) is 0 Å². The highest BCUT2D eigenvalue weighted by molar-refractivity contribution is 8.01. The summed E-state index contributed by atoms with van der Waals surface area (Å²) in [6, 6.07) is 0. The van der Waals surface area contributed by atoms with Crippen LogP contribution in [0.25, 0.3) is 0 Å². The Morgan fingerprint density at radius 3 is 2.67 bits per heavy atom. The molecule has 0 aliphatic carbocycles. The Hall–Kier alpha value is -0.220. The Balaban J connectivity index is 2.71. The summed E-state index contributed by atoms with van der Waals surface area (Å²) in [6.07, 6.45) is 0.994. The number of aliphatic hydroxyl groups is 1. The van der Waals surface area contributed by atoms with E-state index in [1.165, 1.54) is 0 Å². The van der Waals surface area contributed by atoms with Crippen LogP contribution in [0, 0.1) is 0 Å². The van der Waals surface area contributed by atoms with Gasteiger partial charge in [-0.05, 0) is 12.8 Å². The molecule has 0 aromatic heterocycles. The van der Waals surface area contributed by atoms with E-state index in [0.29, 0.717) is 5.75 Å². The molecule has 3 nitrogen and oxygen atoms in total. The van der Waals surface area contributed by atoms with Gasteiger partial charge in [0.25, 0.3) is 0 Å². The second-order valence-electron chi connectivity index (χ2n) is 3.00. The van der Waals surface area contributed by atoms with Gasteiger partial charge in [0.2, 0.25) is 5.91 Å². The zero-order chi connectivity index (χ0) is 9.19. The zero-order valence-electron chi connectivity index (χ0n) is 7.46. The van der Waals surface area contributed by atoms with Crippen LogP contribution < -0.4 is 5.32 Å². The molecule has 4 heteroatoms. The number of rotatable bonds is 2. The molecule has 1 rings (SSSR count). The molecule has 1 heterocycles. The van der Waals surface area contributed by atoms with E-state index in [2.05, 4.69) is 5.32 Å². The summed E-state index contributed by atoms with van der Waals surface area (Å²) in [5, 5.41) is 11.7. The van der Waals surface area contributed by atoms with E-state index in [4.69, 9.17) is 5.11 Å². The van der Waals surface area contributed by atoms with E-state index in [-0.39, 0.29) is 10.7 Å². The third-order valence-electron chi connectivity index (χ3n) is 2.37. The van der Waals surface area contributed by atoms with Crippen molar-refractivity contribution in [2.45, 2.75) is 37.7 Å². The molecule has 1 aliphatic rings. The lowest BCUT2D eigenvalue weighted by Crippen LogP contribution is -2.53. The lowest BCUT2D eigenvalue weighted by atomic mass is 10.0. The van der Waals surface area contributed by atoms with Crippen LogP contribution in [0.5, 0.6) is 0 Å². The fraction of sp³-hybridized carbons (Fsp3) is 0.875. The van der Waals surface area contributed by atoms with E-state index < -0.39 is 6.23 Å². The predicted molar refractivity (Wildman–Crippen MR) is 49.9 cm³/mol. The molecule has 12 heavy (non-hydrogen) atoms. The van der Waals surface area contributed by atoms with Crippen molar-refractivity contribution in [1.82, 2.24) is 5.32 Å². The fourth-order valence-electron chi connectivity index (χ4n) is 1.40. The summed E-state index contributed by atoms with van der Waals surface area (Å²) in [7, 11) is 0. The lowest BCUT2D eigenvalue weighted by molar-refractivity contribution is -0.126. The number of hydrogen-bond acceptors (Lipinski definition) is 3. The van der Waals surface area contributed by atoms with Crippen LogP contribution >= 0.6 is 11.8 Å². The van der Waals surface area contributed by atoms with Crippen molar-refractivity contribution in [2.24, 2.45) is 0 Å². The molecule has 0 spiro atoms. The average molecular weight is 189 g/mol. The zero-order valence-corrected chi connectivity index (χ0v) is 8.28. The average Bonchev–Trinajstić information content (AvgIpc) is 2.06. The number of carbonyl (C=O) groups excluding carboxylic acids is 1. The number of thioether (sulfide) groups is 1. The summed E-state index contributed by atoms with van der Waals surface area (Å²) < 4.78 is -0.292. The Kier molecular flexibility index (Phi) is 3.01. The quantitative estimate of drug-likeness (QED) is 0.673. The molecule has 1 atom stereocenters. The number of amides is 1. The Labute approximate surface area is 76.9 Å². The maximum Gasteiger partial charge on any atom is 0.238 e. The first-order valence-corrected chi connectivity index (χ1v) is 5.26. The smallest absolute Gasteiger partial charge is 0.238 e. The van der Waals surface area contributed by atoms with E-state index in [0.717, 1.165) is 12.8 Å². The van der Waals surface area contributed by atoms with Gasteiger partial charge in [0.15, 0.2) is 0 Å². The van der Waals surface area contributed by atoms with Crippen LogP contribution in [0.4, 0.5) is 0 Å². The van der Waals surface area contributed by atoms with Gasteiger partial charge in [0, 0.05) is 5.75 Å². The van der Waals surface area contributed by atoms with Gasteiger partial charge in [0.05, 0.1) is 4.75 Å². The molecule has 1 saturated heterocycles. The summed E-state index contributed by atoms with van der Waals surface area (Å²) in [5.74, 6) is 0.587. The van der Waals surface area contributed by atoms with E-state index in [1.807, 2.05) is 13.8 Å². The minimum atomic E-state index is -0.659. The summed E-state index contributed by atoms with van der Waals surface area (Å²) in [4.78, 5) is 11.5. The molecular weight excluding hydrogens is 174 g/mol. The Bertz CT molecular complexity index is 180. The molecule has 0 aromatic rings. The molecule has 1 amide bonds. The van der Waals surface area contributed by atoms with Crippen LogP contribution in [0.15, 0.2) is 0 Å². The minimum Gasteiger partial charge on any atom is -0.373 e. The lowest BCUT2D eigenvalue weighted by Gasteiger charge is -2.35. The summed E-state index contributed by atoms with van der Waals surface area (Å²) in [5.41, 5.74) is 0. The molecule has 0 saturated carbocycles. The maximum absolute atomic E-state index is 11.5. The van der Waals surface area contributed by atoms with Crippen molar-refractivity contribution in [2.75, 3.05) is 5.75 Å². The molecule has 2 N–H and O–H groups in total. The van der Waals surface area contributed by atoms with Crippen LogP contribution in [0.3, 0.4) is 0 Å². The highest BCUT2D eigenvalue weighted by Gasteiger charge is 2.40. The third kappa shape index (κ3) is 1.59. The number of nitrogens with one attached hydrogen (secondary N) is 1. The monoisotopic (exact) mass is 189 g/mol. The number of aliphatic hydroxyl groups excluding tert-OH is 1. The highest BCUT2D eigenvalue weighted by Crippen LogP contribution is 2.35. The molecular formula is C8H15NO2S. The van der Waals surface area contributed by atoms with Crippen LogP contribution in [-0.2, 0) is 4.79 Å². The van der Waals surface area contributed by atoms with Gasteiger partial charge in [-0.3, -0.25) is 4.79 Å². The van der Waals surface area contributed by atoms with Crippen molar-refractivity contribution >= 4 is 17.7 Å². The van der Waals surface area contributed by atoms with Crippen molar-refractivity contribution in [3.8, 4) is 0 Å². The van der Waals surface area contributed by atoms with Gasteiger partial charge in [-0.1, -0.05) is 13.8 Å². The van der Waals surface area contributed by atoms with E-state index >= 15 is 0 Å². The molecule has 0 bridgehead atoms. The molecule has 0 aromatic carbocycles. The number of carbonyl (C=O) groups is 1. The normalized spacial score (nSPS) is 28.2. The van der Waals surface area contributed by atoms with Crippen molar-refractivity contribution in [3.63, 3.8) is 0 Å². The SMILES string of the molecule is CCC1(CC)SCC(O)NC1=O. The Morgan fingerprint density at radius 1 is 1.67 bits per heavy atom. The van der Waals surface area contributed by atoms with Gasteiger partial charge in [0.1, 0.15) is 6.23 Å². The molecule has 1 fully saturated rings. The van der Waals surface area contributed by atoms with Gasteiger partial charge >= 0.3 is 0 Å². The van der Waals surface area contributed by atoms with Gasteiger partial charge in [-0.15, -0.1) is 11.8 Å². The maximum atomic E-state index is 11.5. The van der Waals surface area contributed by atoms with Crippen LogP contribution in [0.1, 0.15) is 26.7 Å². The van der Waals surface area contributed by atoms with Gasteiger partial charge in [-0.25, -0.2) is 0 Å². The Morgan fingerprint density at radius 2 is 2.25 bits per heavy atom. The van der Waals surface area contributed by atoms with E-state index in [1.54, 1.807) is 11.8 Å². The van der Waals surface area contributed by atoms with E-state index in [9.17, 15) is 4.79 Å².